The van der Waals surface area contributed by atoms with Crippen molar-refractivity contribution in [3.05, 3.63) is 35.8 Å². The van der Waals surface area contributed by atoms with Gasteiger partial charge in [0.2, 0.25) is 0 Å². The summed E-state index contributed by atoms with van der Waals surface area (Å²) in [7, 11) is 0. The lowest BCUT2D eigenvalue weighted by molar-refractivity contribution is -0.122. The van der Waals surface area contributed by atoms with Gasteiger partial charge in [-0.3, -0.25) is 14.7 Å². The van der Waals surface area contributed by atoms with Crippen LogP contribution < -0.4 is 5.32 Å². The van der Waals surface area contributed by atoms with Crippen molar-refractivity contribution >= 4 is 29.3 Å². The van der Waals surface area contributed by atoms with E-state index < -0.39 is 0 Å². The van der Waals surface area contributed by atoms with Gasteiger partial charge in [0.05, 0.1) is 0 Å². The van der Waals surface area contributed by atoms with Crippen molar-refractivity contribution in [3.8, 4) is 0 Å². The van der Waals surface area contributed by atoms with E-state index in [1.54, 1.807) is 18.5 Å². The molecule has 0 aliphatic carbocycles. The third-order valence-electron chi connectivity index (χ3n) is 2.27. The van der Waals surface area contributed by atoms with E-state index in [2.05, 4.69) is 10.3 Å². The van der Waals surface area contributed by atoms with Crippen LogP contribution in [0.15, 0.2) is 30.2 Å². The fourth-order valence-corrected chi connectivity index (χ4v) is 1.81. The number of thiocarbonyl (C=S) groups is 1. The van der Waals surface area contributed by atoms with Gasteiger partial charge in [-0.25, -0.2) is 0 Å². The van der Waals surface area contributed by atoms with E-state index in [9.17, 15) is 4.79 Å². The molecule has 0 atom stereocenters. The van der Waals surface area contributed by atoms with Crippen LogP contribution in [0, 0.1) is 0 Å². The summed E-state index contributed by atoms with van der Waals surface area (Å²) in [4.78, 5) is 17.3. The molecule has 1 N–H and O–H groups in total. The summed E-state index contributed by atoms with van der Waals surface area (Å²) < 4.78 is 0. The first-order valence-corrected chi connectivity index (χ1v) is 5.37. The number of hydrogen-bond acceptors (Lipinski definition) is 3. The second-order valence-electron chi connectivity index (χ2n) is 3.32. The first-order chi connectivity index (χ1) is 7.72. The number of carbonyl (C=O) groups excluding carboxylic acids is 1. The van der Waals surface area contributed by atoms with Crippen molar-refractivity contribution in [2.75, 3.05) is 6.54 Å². The SMILES string of the molecule is CCN1C(=O)/C(=C\c2cccnc2)NC1=S. The standard InChI is InChI=1S/C11H11N3OS/c1-2-14-10(15)9(13-11(14)16)6-8-4-3-5-12-7-8/h3-7H,2H2,1H3,(H,13,16)/b9-6+. The van der Waals surface area contributed by atoms with Gasteiger partial charge < -0.3 is 5.32 Å². The molecule has 2 rings (SSSR count). The fraction of sp³-hybridized carbons (Fsp3) is 0.182. The number of aromatic nitrogens is 1. The third-order valence-corrected chi connectivity index (χ3v) is 2.60. The molecule has 0 radical (unpaired) electrons. The van der Waals surface area contributed by atoms with E-state index in [0.717, 1.165) is 5.56 Å². The van der Waals surface area contributed by atoms with E-state index in [1.165, 1.54) is 4.90 Å². The van der Waals surface area contributed by atoms with Crippen molar-refractivity contribution in [2.45, 2.75) is 6.92 Å². The first kappa shape index (κ1) is 10.8. The van der Waals surface area contributed by atoms with Gasteiger partial charge in [-0.2, -0.15) is 0 Å². The molecule has 1 aromatic heterocycles. The van der Waals surface area contributed by atoms with Crippen molar-refractivity contribution in [1.29, 1.82) is 0 Å². The molecule has 1 aromatic rings. The van der Waals surface area contributed by atoms with E-state index in [4.69, 9.17) is 12.2 Å². The number of nitrogens with zero attached hydrogens (tertiary/aromatic N) is 2. The molecule has 16 heavy (non-hydrogen) atoms. The van der Waals surface area contributed by atoms with Crippen LogP contribution in [0.4, 0.5) is 0 Å². The average molecular weight is 233 g/mol. The molecule has 0 spiro atoms. The zero-order valence-corrected chi connectivity index (χ0v) is 9.62. The Kier molecular flexibility index (Phi) is 2.96. The Bertz CT molecular complexity index is 456. The predicted molar refractivity (Wildman–Crippen MR) is 65.3 cm³/mol. The highest BCUT2D eigenvalue weighted by atomic mass is 32.1. The highest BCUT2D eigenvalue weighted by molar-refractivity contribution is 7.80. The van der Waals surface area contributed by atoms with Crippen LogP contribution in [-0.2, 0) is 4.79 Å². The van der Waals surface area contributed by atoms with Gasteiger partial charge in [0.15, 0.2) is 5.11 Å². The van der Waals surface area contributed by atoms with Crippen molar-refractivity contribution in [2.24, 2.45) is 0 Å². The molecule has 0 saturated carbocycles. The number of pyridine rings is 1. The largest absolute Gasteiger partial charge is 0.328 e. The van der Waals surface area contributed by atoms with Crippen LogP contribution in [0.3, 0.4) is 0 Å². The lowest BCUT2D eigenvalue weighted by Gasteiger charge is -2.08. The Balaban J connectivity index is 2.27. The molecule has 1 amide bonds. The Morgan fingerprint density at radius 2 is 2.44 bits per heavy atom. The molecule has 1 aliphatic rings. The molecule has 0 unspecified atom stereocenters. The quantitative estimate of drug-likeness (QED) is 0.615. The van der Waals surface area contributed by atoms with Crippen molar-refractivity contribution in [1.82, 2.24) is 15.2 Å². The molecule has 1 fully saturated rings. The normalized spacial score (nSPS) is 18.1. The molecule has 5 heteroatoms. The Morgan fingerprint density at radius 3 is 3.00 bits per heavy atom. The van der Waals surface area contributed by atoms with Crippen LogP contribution in [0.2, 0.25) is 0 Å². The highest BCUT2D eigenvalue weighted by Gasteiger charge is 2.28. The molecule has 1 aliphatic heterocycles. The molecule has 4 nitrogen and oxygen atoms in total. The van der Waals surface area contributed by atoms with Gasteiger partial charge in [0.1, 0.15) is 5.70 Å². The second kappa shape index (κ2) is 4.40. The Labute approximate surface area is 99.0 Å². The number of likely N-dealkylation sites (N-methyl/N-ethyl adjacent to an activating group) is 1. The van der Waals surface area contributed by atoms with Gasteiger partial charge in [0.25, 0.3) is 5.91 Å². The Morgan fingerprint density at radius 1 is 1.62 bits per heavy atom. The maximum Gasteiger partial charge on any atom is 0.276 e. The first-order valence-electron chi connectivity index (χ1n) is 4.97. The van der Waals surface area contributed by atoms with E-state index >= 15 is 0 Å². The number of amides is 1. The number of hydrogen-bond donors (Lipinski definition) is 1. The minimum Gasteiger partial charge on any atom is -0.328 e. The highest BCUT2D eigenvalue weighted by Crippen LogP contribution is 2.12. The lowest BCUT2D eigenvalue weighted by Crippen LogP contribution is -2.30. The predicted octanol–water partition coefficient (Wildman–Crippen LogP) is 1.16. The molecule has 1 saturated heterocycles. The van der Waals surface area contributed by atoms with Gasteiger partial charge >= 0.3 is 0 Å². The monoisotopic (exact) mass is 233 g/mol. The second-order valence-corrected chi connectivity index (χ2v) is 3.71. The molecule has 82 valence electrons. The summed E-state index contributed by atoms with van der Waals surface area (Å²) in [5.74, 6) is -0.0867. The maximum atomic E-state index is 11.8. The third kappa shape index (κ3) is 1.94. The van der Waals surface area contributed by atoms with Gasteiger partial charge in [-0.15, -0.1) is 0 Å². The minimum atomic E-state index is -0.0867. The summed E-state index contributed by atoms with van der Waals surface area (Å²) >= 11 is 5.05. The molecular formula is C11H11N3OS. The van der Waals surface area contributed by atoms with Gasteiger partial charge in [-0.05, 0) is 36.8 Å². The number of nitrogens with one attached hydrogen (secondary N) is 1. The van der Waals surface area contributed by atoms with Crippen molar-refractivity contribution in [3.63, 3.8) is 0 Å². The van der Waals surface area contributed by atoms with E-state index in [0.29, 0.717) is 17.4 Å². The summed E-state index contributed by atoms with van der Waals surface area (Å²) in [5, 5.41) is 3.36. The lowest BCUT2D eigenvalue weighted by atomic mass is 10.2. The Hall–Kier alpha value is -1.75. The molecule has 0 bridgehead atoms. The van der Waals surface area contributed by atoms with Crippen LogP contribution in [0.1, 0.15) is 12.5 Å². The van der Waals surface area contributed by atoms with Crippen LogP contribution >= 0.6 is 12.2 Å². The number of rotatable bonds is 2. The van der Waals surface area contributed by atoms with Gasteiger partial charge in [-0.1, -0.05) is 6.07 Å². The molecular weight excluding hydrogens is 222 g/mol. The van der Waals surface area contributed by atoms with Gasteiger partial charge in [0, 0.05) is 18.9 Å². The summed E-state index contributed by atoms with van der Waals surface area (Å²) in [6.07, 6.45) is 5.13. The number of carbonyl (C=O) groups is 1. The summed E-state index contributed by atoms with van der Waals surface area (Å²) in [5.41, 5.74) is 1.37. The van der Waals surface area contributed by atoms with Crippen molar-refractivity contribution < 1.29 is 4.79 Å². The zero-order chi connectivity index (χ0) is 11.5. The van der Waals surface area contributed by atoms with E-state index in [-0.39, 0.29) is 5.91 Å². The summed E-state index contributed by atoms with van der Waals surface area (Å²) in [6.45, 7) is 2.47. The zero-order valence-electron chi connectivity index (χ0n) is 8.80. The summed E-state index contributed by atoms with van der Waals surface area (Å²) in [6, 6.07) is 3.70. The van der Waals surface area contributed by atoms with Crippen LogP contribution in [0.5, 0.6) is 0 Å². The fourth-order valence-electron chi connectivity index (χ4n) is 1.49. The molecule has 0 aromatic carbocycles. The smallest absolute Gasteiger partial charge is 0.276 e. The maximum absolute atomic E-state index is 11.8. The van der Waals surface area contributed by atoms with Crippen LogP contribution in [0.25, 0.3) is 6.08 Å². The average Bonchev–Trinajstić information content (AvgIpc) is 2.55. The topological polar surface area (TPSA) is 45.2 Å². The van der Waals surface area contributed by atoms with Crippen LogP contribution in [-0.4, -0.2) is 27.4 Å². The minimum absolute atomic E-state index is 0.0867. The van der Waals surface area contributed by atoms with E-state index in [1.807, 2.05) is 19.1 Å². The molecule has 2 heterocycles.